The molecule has 3 heterocycles. The van der Waals surface area contributed by atoms with E-state index in [1.54, 1.807) is 24.1 Å². The van der Waals surface area contributed by atoms with E-state index in [2.05, 4.69) is 10.00 Å². The van der Waals surface area contributed by atoms with Crippen LogP contribution in [0.1, 0.15) is 25.3 Å². The fourth-order valence-corrected chi connectivity index (χ4v) is 4.36. The van der Waals surface area contributed by atoms with E-state index in [4.69, 9.17) is 0 Å². The molecule has 0 radical (unpaired) electrons. The second-order valence-electron chi connectivity index (χ2n) is 8.29. The van der Waals surface area contributed by atoms with Gasteiger partial charge in [-0.25, -0.2) is 4.68 Å². The first-order valence-corrected chi connectivity index (χ1v) is 10.9. The number of piperazine rings is 1. The normalized spacial score (nSPS) is 17.6. The highest BCUT2D eigenvalue weighted by Crippen LogP contribution is 2.24. The van der Waals surface area contributed by atoms with Crippen molar-refractivity contribution >= 4 is 17.5 Å². The number of hydrogen-bond donors (Lipinski definition) is 0. The predicted octanol–water partition coefficient (Wildman–Crippen LogP) is 1.20. The molecule has 2 fully saturated rings. The molecular formula is C23H29N5O3. The zero-order valence-electron chi connectivity index (χ0n) is 17.9. The molecule has 4 rings (SSSR count). The highest BCUT2D eigenvalue weighted by Gasteiger charge is 2.31. The first kappa shape index (κ1) is 21.1. The van der Waals surface area contributed by atoms with Crippen LogP contribution in [-0.4, -0.2) is 70.7 Å². The molecule has 1 aromatic carbocycles. The fourth-order valence-electron chi connectivity index (χ4n) is 4.36. The van der Waals surface area contributed by atoms with E-state index in [1.165, 1.54) is 4.68 Å². The molecule has 0 atom stereocenters. The second kappa shape index (κ2) is 9.32. The predicted molar refractivity (Wildman–Crippen MR) is 118 cm³/mol. The van der Waals surface area contributed by atoms with E-state index >= 15 is 0 Å². The van der Waals surface area contributed by atoms with Crippen molar-refractivity contribution in [1.82, 2.24) is 19.6 Å². The van der Waals surface area contributed by atoms with E-state index in [9.17, 15) is 14.4 Å². The summed E-state index contributed by atoms with van der Waals surface area (Å²) in [4.78, 5) is 42.7. The molecule has 2 amide bonds. The molecule has 164 valence electrons. The molecule has 2 aromatic rings. The van der Waals surface area contributed by atoms with Crippen molar-refractivity contribution in [2.24, 2.45) is 5.92 Å². The molecule has 0 bridgehead atoms. The Kier molecular flexibility index (Phi) is 6.34. The summed E-state index contributed by atoms with van der Waals surface area (Å²) in [6.45, 7) is 5.94. The Balaban J connectivity index is 1.31. The Labute approximate surface area is 182 Å². The van der Waals surface area contributed by atoms with E-state index in [-0.39, 0.29) is 23.3 Å². The molecule has 2 aliphatic heterocycles. The maximum Gasteiger partial charge on any atom is 0.269 e. The van der Waals surface area contributed by atoms with Gasteiger partial charge in [-0.3, -0.25) is 14.4 Å². The van der Waals surface area contributed by atoms with E-state index in [1.807, 2.05) is 35.2 Å². The summed E-state index contributed by atoms with van der Waals surface area (Å²) < 4.78 is 1.47. The summed E-state index contributed by atoms with van der Waals surface area (Å²) in [5.74, 6) is 0.269. The number of carbonyl (C=O) groups is 2. The minimum atomic E-state index is -0.122. The first-order chi connectivity index (χ1) is 15.0. The number of anilines is 1. The standard InChI is InChI=1S/C23H29N5O3/c1-18(29)25-11-13-27(14-12-25)23(31)20-7-9-26(10-8-20)21-15-22(30)28(24-16-21)17-19-5-3-2-4-6-19/h2-6,15-16,20H,7-14,17H2,1H3. The SMILES string of the molecule is CC(=O)N1CCN(C(=O)C2CCN(c3cnn(Cc4ccccc4)c(=O)c3)CC2)CC1. The molecule has 8 heteroatoms. The number of benzene rings is 1. The van der Waals surface area contributed by atoms with Crippen molar-refractivity contribution in [2.45, 2.75) is 26.3 Å². The van der Waals surface area contributed by atoms with Crippen molar-refractivity contribution in [3.05, 3.63) is 58.5 Å². The van der Waals surface area contributed by atoms with Crippen LogP contribution in [0.3, 0.4) is 0 Å². The number of piperidine rings is 1. The van der Waals surface area contributed by atoms with Crippen LogP contribution in [0.25, 0.3) is 0 Å². The zero-order chi connectivity index (χ0) is 21.8. The van der Waals surface area contributed by atoms with Gasteiger partial charge in [0.2, 0.25) is 11.8 Å². The van der Waals surface area contributed by atoms with Crippen LogP contribution in [-0.2, 0) is 16.1 Å². The molecule has 8 nitrogen and oxygen atoms in total. The van der Waals surface area contributed by atoms with Crippen molar-refractivity contribution < 1.29 is 9.59 Å². The molecule has 0 saturated carbocycles. The van der Waals surface area contributed by atoms with Gasteiger partial charge in [0.15, 0.2) is 0 Å². The number of nitrogens with zero attached hydrogens (tertiary/aromatic N) is 5. The summed E-state index contributed by atoms with van der Waals surface area (Å²) in [5.41, 5.74) is 1.73. The number of amides is 2. The van der Waals surface area contributed by atoms with Gasteiger partial charge in [-0.2, -0.15) is 5.10 Å². The number of aromatic nitrogens is 2. The van der Waals surface area contributed by atoms with Gasteiger partial charge in [0.1, 0.15) is 0 Å². The van der Waals surface area contributed by atoms with Crippen molar-refractivity contribution in [3.8, 4) is 0 Å². The Hall–Kier alpha value is -3.16. The maximum absolute atomic E-state index is 12.9. The van der Waals surface area contributed by atoms with Gasteiger partial charge in [0, 0.05) is 58.2 Å². The maximum atomic E-state index is 12.9. The molecule has 0 unspecified atom stereocenters. The number of rotatable bonds is 4. The average molecular weight is 424 g/mol. The van der Waals surface area contributed by atoms with Gasteiger partial charge in [0.05, 0.1) is 18.4 Å². The Bertz CT molecular complexity index is 974. The number of carbonyl (C=O) groups excluding carboxylic acids is 2. The topological polar surface area (TPSA) is 78.8 Å². The molecule has 0 spiro atoms. The summed E-state index contributed by atoms with van der Waals surface area (Å²) in [6.07, 6.45) is 3.27. The minimum absolute atomic E-state index is 0.00605. The Morgan fingerprint density at radius 3 is 2.23 bits per heavy atom. The Morgan fingerprint density at radius 1 is 0.968 bits per heavy atom. The van der Waals surface area contributed by atoms with Gasteiger partial charge in [-0.1, -0.05) is 30.3 Å². The third-order valence-electron chi connectivity index (χ3n) is 6.28. The van der Waals surface area contributed by atoms with Crippen molar-refractivity contribution in [1.29, 1.82) is 0 Å². The van der Waals surface area contributed by atoms with Crippen LogP contribution >= 0.6 is 0 Å². The largest absolute Gasteiger partial charge is 0.370 e. The summed E-state index contributed by atoms with van der Waals surface area (Å²) >= 11 is 0. The quantitative estimate of drug-likeness (QED) is 0.738. The van der Waals surface area contributed by atoms with Crippen molar-refractivity contribution in [2.75, 3.05) is 44.2 Å². The van der Waals surface area contributed by atoms with E-state index < -0.39 is 0 Å². The van der Waals surface area contributed by atoms with Gasteiger partial charge in [0.25, 0.3) is 5.56 Å². The van der Waals surface area contributed by atoms with Gasteiger partial charge in [-0.15, -0.1) is 0 Å². The van der Waals surface area contributed by atoms with Crippen LogP contribution in [0.5, 0.6) is 0 Å². The molecule has 0 aliphatic carbocycles. The van der Waals surface area contributed by atoms with Crippen molar-refractivity contribution in [3.63, 3.8) is 0 Å². The number of hydrogen-bond acceptors (Lipinski definition) is 5. The van der Waals surface area contributed by atoms with E-state index in [0.29, 0.717) is 32.7 Å². The van der Waals surface area contributed by atoms with Gasteiger partial charge < -0.3 is 14.7 Å². The molecule has 0 N–H and O–H groups in total. The van der Waals surface area contributed by atoms with Crippen LogP contribution in [0.2, 0.25) is 0 Å². The lowest BCUT2D eigenvalue weighted by molar-refractivity contribution is -0.141. The highest BCUT2D eigenvalue weighted by atomic mass is 16.2. The van der Waals surface area contributed by atoms with Gasteiger partial charge >= 0.3 is 0 Å². The van der Waals surface area contributed by atoms with Crippen LogP contribution in [0.15, 0.2) is 47.4 Å². The second-order valence-corrected chi connectivity index (χ2v) is 8.29. The molecule has 1 aromatic heterocycles. The lowest BCUT2D eigenvalue weighted by Gasteiger charge is -2.38. The monoisotopic (exact) mass is 423 g/mol. The lowest BCUT2D eigenvalue weighted by Crippen LogP contribution is -2.52. The van der Waals surface area contributed by atoms with Crippen LogP contribution in [0, 0.1) is 5.92 Å². The molecule has 2 saturated heterocycles. The first-order valence-electron chi connectivity index (χ1n) is 10.9. The summed E-state index contributed by atoms with van der Waals surface area (Å²) in [7, 11) is 0. The summed E-state index contributed by atoms with van der Waals surface area (Å²) in [6, 6.07) is 11.4. The van der Waals surface area contributed by atoms with Gasteiger partial charge in [-0.05, 0) is 18.4 Å². The Morgan fingerprint density at radius 2 is 1.61 bits per heavy atom. The third kappa shape index (κ3) is 4.95. The molecule has 2 aliphatic rings. The van der Waals surface area contributed by atoms with Crippen LogP contribution in [0.4, 0.5) is 5.69 Å². The third-order valence-corrected chi connectivity index (χ3v) is 6.28. The van der Waals surface area contributed by atoms with E-state index in [0.717, 1.165) is 37.2 Å². The highest BCUT2D eigenvalue weighted by molar-refractivity contribution is 5.80. The molecular weight excluding hydrogens is 394 g/mol. The average Bonchev–Trinajstić information content (AvgIpc) is 2.81. The fraction of sp³-hybridized carbons (Fsp3) is 0.478. The minimum Gasteiger partial charge on any atom is -0.370 e. The summed E-state index contributed by atoms with van der Waals surface area (Å²) in [5, 5.41) is 4.35. The lowest BCUT2D eigenvalue weighted by atomic mass is 9.94. The zero-order valence-corrected chi connectivity index (χ0v) is 17.9. The molecule has 31 heavy (non-hydrogen) atoms. The van der Waals surface area contributed by atoms with Crippen LogP contribution < -0.4 is 10.5 Å². The smallest absolute Gasteiger partial charge is 0.269 e.